The average Bonchev–Trinajstić information content (AvgIpc) is 2.30. The van der Waals surface area contributed by atoms with Crippen molar-refractivity contribution in [3.63, 3.8) is 0 Å². The van der Waals surface area contributed by atoms with Crippen molar-refractivity contribution in [3.05, 3.63) is 35.4 Å². The molecule has 0 bridgehead atoms. The van der Waals surface area contributed by atoms with Crippen LogP contribution in [0.2, 0.25) is 0 Å². The van der Waals surface area contributed by atoms with Crippen LogP contribution in [0.3, 0.4) is 0 Å². The number of benzene rings is 1. The molecule has 2 nitrogen and oxygen atoms in total. The van der Waals surface area contributed by atoms with Gasteiger partial charge in [-0.1, -0.05) is 19.9 Å². The second-order valence-electron chi connectivity index (χ2n) is 4.67. The molecule has 0 amide bonds. The van der Waals surface area contributed by atoms with Crippen molar-refractivity contribution >= 4 is 0 Å². The van der Waals surface area contributed by atoms with Crippen molar-refractivity contribution in [3.8, 4) is 0 Å². The first-order valence-electron chi connectivity index (χ1n) is 6.32. The Labute approximate surface area is 107 Å². The molecule has 1 N–H and O–H groups in total. The molecule has 4 heteroatoms. The Morgan fingerprint density at radius 3 is 2.44 bits per heavy atom. The summed E-state index contributed by atoms with van der Waals surface area (Å²) in [6.45, 7) is 6.35. The summed E-state index contributed by atoms with van der Waals surface area (Å²) in [7, 11) is 0. The fourth-order valence-electron chi connectivity index (χ4n) is 1.48. The van der Waals surface area contributed by atoms with E-state index in [9.17, 15) is 8.78 Å². The molecule has 0 atom stereocenters. The van der Waals surface area contributed by atoms with Crippen molar-refractivity contribution in [1.29, 1.82) is 0 Å². The average molecular weight is 257 g/mol. The predicted octanol–water partition coefficient (Wildman–Crippen LogP) is 3.12. The predicted molar refractivity (Wildman–Crippen MR) is 68.3 cm³/mol. The van der Waals surface area contributed by atoms with Gasteiger partial charge in [0.25, 0.3) is 0 Å². The molecule has 1 rings (SSSR count). The highest BCUT2D eigenvalue weighted by atomic mass is 19.1. The van der Waals surface area contributed by atoms with Gasteiger partial charge in [0, 0.05) is 25.3 Å². The standard InChI is InChI=1S/C14H21F2NO/c1-11(2)6-8-18-9-7-17-10-12-13(15)4-3-5-14(12)16/h3-5,11,17H,6-10H2,1-2H3. The van der Waals surface area contributed by atoms with Crippen LogP contribution < -0.4 is 5.32 Å². The minimum absolute atomic E-state index is 0.0830. The van der Waals surface area contributed by atoms with Crippen LogP contribution in [0.4, 0.5) is 8.78 Å². The molecule has 0 aliphatic carbocycles. The van der Waals surface area contributed by atoms with Crippen LogP contribution in [0, 0.1) is 17.6 Å². The van der Waals surface area contributed by atoms with Gasteiger partial charge in [0.2, 0.25) is 0 Å². The number of hydrogen-bond donors (Lipinski definition) is 1. The molecule has 0 heterocycles. The van der Waals surface area contributed by atoms with Crippen molar-refractivity contribution in [2.75, 3.05) is 19.8 Å². The first kappa shape index (κ1) is 15.1. The van der Waals surface area contributed by atoms with Gasteiger partial charge < -0.3 is 10.1 Å². The van der Waals surface area contributed by atoms with Gasteiger partial charge in [-0.05, 0) is 24.5 Å². The highest BCUT2D eigenvalue weighted by molar-refractivity contribution is 5.19. The largest absolute Gasteiger partial charge is 0.380 e. The molecule has 1 aromatic rings. The van der Waals surface area contributed by atoms with Gasteiger partial charge in [-0.3, -0.25) is 0 Å². The maximum Gasteiger partial charge on any atom is 0.130 e. The number of ether oxygens (including phenoxy) is 1. The van der Waals surface area contributed by atoms with E-state index in [0.717, 1.165) is 13.0 Å². The lowest BCUT2D eigenvalue weighted by molar-refractivity contribution is 0.125. The van der Waals surface area contributed by atoms with E-state index >= 15 is 0 Å². The summed E-state index contributed by atoms with van der Waals surface area (Å²) in [5.41, 5.74) is 0.0830. The second kappa shape index (κ2) is 8.16. The number of hydrogen-bond acceptors (Lipinski definition) is 2. The molecule has 18 heavy (non-hydrogen) atoms. The summed E-state index contributed by atoms with van der Waals surface area (Å²) < 4.78 is 31.9. The molecule has 0 radical (unpaired) electrons. The normalized spacial score (nSPS) is 11.2. The van der Waals surface area contributed by atoms with Crippen molar-refractivity contribution < 1.29 is 13.5 Å². The Morgan fingerprint density at radius 1 is 1.17 bits per heavy atom. The lowest BCUT2D eigenvalue weighted by atomic mass is 10.1. The molecule has 0 aliphatic rings. The van der Waals surface area contributed by atoms with Crippen LogP contribution >= 0.6 is 0 Å². The van der Waals surface area contributed by atoms with Gasteiger partial charge in [-0.15, -0.1) is 0 Å². The summed E-state index contributed by atoms with van der Waals surface area (Å²) in [5, 5.41) is 2.97. The minimum atomic E-state index is -0.511. The Kier molecular flexibility index (Phi) is 6.83. The van der Waals surface area contributed by atoms with Crippen molar-refractivity contribution in [1.82, 2.24) is 5.32 Å². The third-order valence-electron chi connectivity index (χ3n) is 2.63. The molecule has 0 aliphatic heterocycles. The highest BCUT2D eigenvalue weighted by Gasteiger charge is 2.06. The zero-order valence-electron chi connectivity index (χ0n) is 11.0. The Balaban J connectivity index is 2.14. The minimum Gasteiger partial charge on any atom is -0.380 e. The summed E-state index contributed by atoms with van der Waals surface area (Å²) in [6, 6.07) is 3.89. The Bertz CT molecular complexity index is 335. The van der Waals surface area contributed by atoms with Crippen LogP contribution in [0.15, 0.2) is 18.2 Å². The zero-order valence-corrected chi connectivity index (χ0v) is 11.0. The maximum absolute atomic E-state index is 13.3. The zero-order chi connectivity index (χ0) is 13.4. The SMILES string of the molecule is CC(C)CCOCCNCc1c(F)cccc1F. The van der Waals surface area contributed by atoms with Crippen LogP contribution in [-0.2, 0) is 11.3 Å². The molecule has 0 unspecified atom stereocenters. The second-order valence-corrected chi connectivity index (χ2v) is 4.67. The first-order valence-corrected chi connectivity index (χ1v) is 6.32. The lowest BCUT2D eigenvalue weighted by Crippen LogP contribution is -2.21. The molecule has 0 saturated carbocycles. The van der Waals surface area contributed by atoms with Crippen LogP contribution in [0.5, 0.6) is 0 Å². The van der Waals surface area contributed by atoms with Gasteiger partial charge in [-0.25, -0.2) is 8.78 Å². The molecule has 1 aromatic carbocycles. The fraction of sp³-hybridized carbons (Fsp3) is 0.571. The van der Waals surface area contributed by atoms with Gasteiger partial charge in [-0.2, -0.15) is 0 Å². The fourth-order valence-corrected chi connectivity index (χ4v) is 1.48. The third kappa shape index (κ3) is 5.56. The van der Waals surface area contributed by atoms with Crippen LogP contribution in [-0.4, -0.2) is 19.8 Å². The van der Waals surface area contributed by atoms with Gasteiger partial charge in [0.15, 0.2) is 0 Å². The van der Waals surface area contributed by atoms with E-state index in [0.29, 0.717) is 19.1 Å². The first-order chi connectivity index (χ1) is 8.61. The third-order valence-corrected chi connectivity index (χ3v) is 2.63. The molecule has 0 fully saturated rings. The number of halogens is 2. The maximum atomic E-state index is 13.3. The van der Waals surface area contributed by atoms with E-state index in [1.165, 1.54) is 18.2 Å². The van der Waals surface area contributed by atoms with Gasteiger partial charge >= 0.3 is 0 Å². The number of nitrogens with one attached hydrogen (secondary N) is 1. The van der Waals surface area contributed by atoms with E-state index < -0.39 is 11.6 Å². The molecule has 0 aromatic heterocycles. The monoisotopic (exact) mass is 257 g/mol. The summed E-state index contributed by atoms with van der Waals surface area (Å²) in [6.07, 6.45) is 1.03. The van der Waals surface area contributed by atoms with E-state index in [2.05, 4.69) is 19.2 Å². The smallest absolute Gasteiger partial charge is 0.130 e. The van der Waals surface area contributed by atoms with Gasteiger partial charge in [0.05, 0.1) is 6.61 Å². The van der Waals surface area contributed by atoms with Crippen molar-refractivity contribution in [2.24, 2.45) is 5.92 Å². The molecule has 0 saturated heterocycles. The number of rotatable bonds is 8. The van der Waals surface area contributed by atoms with Crippen LogP contribution in [0.1, 0.15) is 25.8 Å². The molecule has 0 spiro atoms. The molecular formula is C14H21F2NO. The Morgan fingerprint density at radius 2 is 1.83 bits per heavy atom. The summed E-state index contributed by atoms with van der Waals surface area (Å²) >= 11 is 0. The van der Waals surface area contributed by atoms with E-state index in [1.807, 2.05) is 0 Å². The van der Waals surface area contributed by atoms with E-state index in [1.54, 1.807) is 0 Å². The summed E-state index contributed by atoms with van der Waals surface area (Å²) in [4.78, 5) is 0. The van der Waals surface area contributed by atoms with Crippen molar-refractivity contribution in [2.45, 2.75) is 26.8 Å². The molecule has 102 valence electrons. The van der Waals surface area contributed by atoms with E-state index in [4.69, 9.17) is 4.74 Å². The van der Waals surface area contributed by atoms with Crippen LogP contribution in [0.25, 0.3) is 0 Å². The Hall–Kier alpha value is -1.00. The van der Waals surface area contributed by atoms with Gasteiger partial charge in [0.1, 0.15) is 11.6 Å². The van der Waals surface area contributed by atoms with E-state index in [-0.39, 0.29) is 12.1 Å². The quantitative estimate of drug-likeness (QED) is 0.722. The lowest BCUT2D eigenvalue weighted by Gasteiger charge is -2.08. The highest BCUT2D eigenvalue weighted by Crippen LogP contribution is 2.11. The molecular weight excluding hydrogens is 236 g/mol. The topological polar surface area (TPSA) is 21.3 Å². The summed E-state index contributed by atoms with van der Waals surface area (Å²) in [5.74, 6) is -0.392.